The summed E-state index contributed by atoms with van der Waals surface area (Å²) in [5.41, 5.74) is 15.9. The molecule has 1 aliphatic rings. The molecule has 8 heteroatoms. The van der Waals surface area contributed by atoms with Crippen molar-refractivity contribution in [2.75, 3.05) is 17.2 Å². The van der Waals surface area contributed by atoms with Crippen molar-refractivity contribution < 1.29 is 5.11 Å². The molecule has 0 saturated heterocycles. The van der Waals surface area contributed by atoms with E-state index in [-0.39, 0.29) is 6.04 Å². The highest BCUT2D eigenvalue weighted by molar-refractivity contribution is 5.95. The third kappa shape index (κ3) is 3.98. The number of fused-ring (bicyclic) bond motifs is 3. The first kappa shape index (κ1) is 20.6. The van der Waals surface area contributed by atoms with E-state index in [1.165, 1.54) is 17.6 Å². The van der Waals surface area contributed by atoms with Gasteiger partial charge in [-0.2, -0.15) is 4.98 Å². The van der Waals surface area contributed by atoms with Crippen LogP contribution in [0.15, 0.2) is 30.5 Å². The van der Waals surface area contributed by atoms with E-state index in [0.29, 0.717) is 29.8 Å². The summed E-state index contributed by atoms with van der Waals surface area (Å²) in [4.78, 5) is 8.88. The van der Waals surface area contributed by atoms with Gasteiger partial charge in [0.15, 0.2) is 0 Å². The van der Waals surface area contributed by atoms with E-state index in [9.17, 15) is 5.11 Å². The average molecular weight is 410 g/mol. The molecule has 3 heterocycles. The first-order valence-electron chi connectivity index (χ1n) is 10.7. The minimum Gasteiger partial charge on any atom is -0.374 e. The number of hydrogen-bond acceptors (Lipinski definition) is 7. The van der Waals surface area contributed by atoms with Crippen LogP contribution in [0.25, 0.3) is 10.9 Å². The number of nitrogens with zero attached hydrogens (tertiary/aromatic N) is 3. The molecule has 4 rings (SSSR count). The van der Waals surface area contributed by atoms with Crippen molar-refractivity contribution in [2.45, 2.75) is 51.9 Å². The molecule has 1 unspecified atom stereocenters. The monoisotopic (exact) mass is 409 g/mol. The minimum absolute atomic E-state index is 0.00672. The van der Waals surface area contributed by atoms with Crippen LogP contribution in [0.4, 0.5) is 17.5 Å². The molecule has 3 aromatic rings. The number of rotatable bonds is 8. The second kappa shape index (κ2) is 8.59. The maximum absolute atomic E-state index is 10.0. The lowest BCUT2D eigenvalue weighted by molar-refractivity contribution is 0.186. The molecule has 8 nitrogen and oxygen atoms in total. The van der Waals surface area contributed by atoms with Crippen LogP contribution in [-0.4, -0.2) is 32.2 Å². The van der Waals surface area contributed by atoms with Crippen molar-refractivity contribution in [3.8, 4) is 0 Å². The van der Waals surface area contributed by atoms with E-state index in [2.05, 4.69) is 51.1 Å². The molecular formula is C22H31N7O. The third-order valence-corrected chi connectivity index (χ3v) is 6.11. The van der Waals surface area contributed by atoms with Gasteiger partial charge in [-0.15, -0.1) is 0 Å². The summed E-state index contributed by atoms with van der Waals surface area (Å²) in [6.45, 7) is 5.87. The van der Waals surface area contributed by atoms with Gasteiger partial charge in [0.05, 0.1) is 11.1 Å². The molecule has 0 amide bonds. The van der Waals surface area contributed by atoms with Gasteiger partial charge in [0.25, 0.3) is 0 Å². The third-order valence-electron chi connectivity index (χ3n) is 6.11. The minimum atomic E-state index is -1.18. The van der Waals surface area contributed by atoms with Crippen molar-refractivity contribution in [2.24, 2.45) is 17.4 Å². The molecule has 0 aliphatic carbocycles. The fourth-order valence-corrected chi connectivity index (χ4v) is 3.97. The van der Waals surface area contributed by atoms with Crippen molar-refractivity contribution in [1.82, 2.24) is 14.5 Å². The van der Waals surface area contributed by atoms with Crippen LogP contribution in [0.2, 0.25) is 0 Å². The number of aryl methyl sites for hydroxylation is 2. The highest BCUT2D eigenvalue weighted by atomic mass is 16.3. The van der Waals surface area contributed by atoms with Gasteiger partial charge in [0.2, 0.25) is 5.95 Å². The summed E-state index contributed by atoms with van der Waals surface area (Å²) in [6, 6.07) is 8.41. The Labute approximate surface area is 176 Å². The highest BCUT2D eigenvalue weighted by Gasteiger charge is 2.18. The van der Waals surface area contributed by atoms with Crippen molar-refractivity contribution in [3.05, 3.63) is 41.7 Å². The van der Waals surface area contributed by atoms with E-state index in [1.54, 1.807) is 6.20 Å². The van der Waals surface area contributed by atoms with Gasteiger partial charge in [-0.3, -0.25) is 0 Å². The molecular weight excluding hydrogens is 378 g/mol. The number of aliphatic hydroxyl groups is 1. The number of nitrogens with one attached hydrogen (secondary N) is 2. The Hall–Kier alpha value is -2.68. The molecule has 1 aromatic carbocycles. The van der Waals surface area contributed by atoms with E-state index < -0.39 is 6.23 Å². The SMILES string of the molecule is CC[C@H](C)[C@H](N)CNc1ncc(C(N)O)c(Nc2cccc3c2cc2n3CCC2)n1. The molecule has 0 saturated carbocycles. The predicted octanol–water partition coefficient (Wildman–Crippen LogP) is 2.86. The lowest BCUT2D eigenvalue weighted by Crippen LogP contribution is -2.35. The van der Waals surface area contributed by atoms with Gasteiger partial charge in [0, 0.05) is 42.1 Å². The largest absolute Gasteiger partial charge is 0.374 e. The molecule has 0 bridgehead atoms. The van der Waals surface area contributed by atoms with Crippen LogP contribution >= 0.6 is 0 Å². The van der Waals surface area contributed by atoms with E-state index in [1.807, 2.05) is 12.1 Å². The molecule has 1 aliphatic heterocycles. The van der Waals surface area contributed by atoms with Crippen LogP contribution in [0, 0.1) is 5.92 Å². The van der Waals surface area contributed by atoms with Crippen LogP contribution < -0.4 is 22.1 Å². The lowest BCUT2D eigenvalue weighted by atomic mass is 10.0. The van der Waals surface area contributed by atoms with E-state index in [0.717, 1.165) is 30.5 Å². The normalized spacial score (nSPS) is 16.3. The number of aromatic nitrogens is 3. The predicted molar refractivity (Wildman–Crippen MR) is 121 cm³/mol. The van der Waals surface area contributed by atoms with Gasteiger partial charge >= 0.3 is 0 Å². The molecule has 160 valence electrons. The topological polar surface area (TPSA) is 127 Å². The lowest BCUT2D eigenvalue weighted by Gasteiger charge is -2.19. The first-order chi connectivity index (χ1) is 14.5. The quantitative estimate of drug-likeness (QED) is 0.362. The van der Waals surface area contributed by atoms with Gasteiger partial charge in [-0.25, -0.2) is 4.98 Å². The molecule has 0 fully saturated rings. The molecule has 0 spiro atoms. The second-order valence-electron chi connectivity index (χ2n) is 8.13. The van der Waals surface area contributed by atoms with Crippen molar-refractivity contribution in [1.29, 1.82) is 0 Å². The highest BCUT2D eigenvalue weighted by Crippen LogP contribution is 2.33. The van der Waals surface area contributed by atoms with Crippen LogP contribution in [-0.2, 0) is 13.0 Å². The first-order valence-corrected chi connectivity index (χ1v) is 10.7. The average Bonchev–Trinajstić information content (AvgIpc) is 3.33. The van der Waals surface area contributed by atoms with Crippen molar-refractivity contribution >= 4 is 28.4 Å². The Morgan fingerprint density at radius 3 is 2.90 bits per heavy atom. The maximum atomic E-state index is 10.0. The van der Waals surface area contributed by atoms with E-state index >= 15 is 0 Å². The number of benzene rings is 1. The Balaban J connectivity index is 1.62. The summed E-state index contributed by atoms with van der Waals surface area (Å²) >= 11 is 0. The Morgan fingerprint density at radius 1 is 1.30 bits per heavy atom. The maximum Gasteiger partial charge on any atom is 0.224 e. The van der Waals surface area contributed by atoms with Gasteiger partial charge in [-0.05, 0) is 37.0 Å². The van der Waals surface area contributed by atoms with Gasteiger partial charge in [0.1, 0.15) is 12.0 Å². The zero-order chi connectivity index (χ0) is 21.3. The van der Waals surface area contributed by atoms with Crippen LogP contribution in [0.5, 0.6) is 0 Å². The number of aliphatic hydroxyl groups excluding tert-OH is 1. The molecule has 2 aromatic heterocycles. The molecule has 7 N–H and O–H groups in total. The zero-order valence-electron chi connectivity index (χ0n) is 17.6. The number of hydrogen-bond donors (Lipinski definition) is 5. The summed E-state index contributed by atoms with van der Waals surface area (Å²) in [6.07, 6.45) is 3.67. The molecule has 0 radical (unpaired) electrons. The smallest absolute Gasteiger partial charge is 0.224 e. The summed E-state index contributed by atoms with van der Waals surface area (Å²) in [7, 11) is 0. The Bertz CT molecular complexity index is 1030. The standard InChI is InChI=1S/C22H31N7O/c1-3-13(2)17(23)12-26-22-25-11-16(20(24)30)21(28-22)27-18-7-4-8-19-15(18)10-14-6-5-9-29(14)19/h4,7-8,10-11,13,17,20,30H,3,5-6,9,12,23-24H2,1-2H3,(H2,25,26,27,28)/t13-,17+,20?/m0/s1. The summed E-state index contributed by atoms with van der Waals surface area (Å²) in [5.74, 6) is 1.33. The van der Waals surface area contributed by atoms with Gasteiger partial charge in [-0.1, -0.05) is 26.3 Å². The number of anilines is 3. The number of nitrogens with two attached hydrogens (primary N) is 2. The zero-order valence-corrected chi connectivity index (χ0v) is 17.6. The second-order valence-corrected chi connectivity index (χ2v) is 8.13. The van der Waals surface area contributed by atoms with E-state index in [4.69, 9.17) is 11.5 Å². The molecule has 3 atom stereocenters. The fourth-order valence-electron chi connectivity index (χ4n) is 3.97. The molecule has 30 heavy (non-hydrogen) atoms. The van der Waals surface area contributed by atoms with Crippen LogP contribution in [0.1, 0.15) is 44.2 Å². The van der Waals surface area contributed by atoms with Crippen LogP contribution in [0.3, 0.4) is 0 Å². The Morgan fingerprint density at radius 2 is 2.13 bits per heavy atom. The summed E-state index contributed by atoms with van der Waals surface area (Å²) < 4.78 is 2.36. The van der Waals surface area contributed by atoms with Gasteiger partial charge < -0.3 is 31.8 Å². The van der Waals surface area contributed by atoms with Crippen molar-refractivity contribution in [3.63, 3.8) is 0 Å². The Kier molecular flexibility index (Phi) is 5.90. The fraction of sp³-hybridized carbons (Fsp3) is 0.455. The summed E-state index contributed by atoms with van der Waals surface area (Å²) in [5, 5.41) is 17.7.